The van der Waals surface area contributed by atoms with Gasteiger partial charge in [0.2, 0.25) is 0 Å². The van der Waals surface area contributed by atoms with E-state index in [0.717, 1.165) is 6.42 Å². The van der Waals surface area contributed by atoms with E-state index in [2.05, 4.69) is 13.8 Å². The first kappa shape index (κ1) is 8.92. The van der Waals surface area contributed by atoms with Crippen LogP contribution in [0.3, 0.4) is 0 Å². The van der Waals surface area contributed by atoms with E-state index in [0.29, 0.717) is 12.5 Å². The molecule has 0 aromatic heterocycles. The van der Waals surface area contributed by atoms with Gasteiger partial charge in [0.1, 0.15) is 0 Å². The average molecular weight is 131 g/mol. The molecule has 9 heavy (non-hydrogen) atoms. The van der Waals surface area contributed by atoms with Crippen LogP contribution in [0.25, 0.3) is 0 Å². The summed E-state index contributed by atoms with van der Waals surface area (Å²) in [5.74, 6) is 0.628. The monoisotopic (exact) mass is 131 g/mol. The van der Waals surface area contributed by atoms with Crippen LogP contribution in [0, 0.1) is 5.92 Å². The zero-order valence-corrected chi connectivity index (χ0v) is 6.39. The van der Waals surface area contributed by atoms with Gasteiger partial charge in [0.15, 0.2) is 6.29 Å². The summed E-state index contributed by atoms with van der Waals surface area (Å²) in [6.45, 7) is 6.33. The van der Waals surface area contributed by atoms with E-state index in [1.807, 2.05) is 0 Å². The highest BCUT2D eigenvalue weighted by atomic mass is 16.6. The second-order valence-corrected chi connectivity index (χ2v) is 2.62. The number of hydrogen-bond acceptors (Lipinski definition) is 1. The minimum absolute atomic E-state index is 0.600. The molecule has 0 aromatic carbocycles. The summed E-state index contributed by atoms with van der Waals surface area (Å²) in [6.07, 6.45) is 0.121. The number of ether oxygens (including phenoxy) is 1. The molecule has 0 aliphatic heterocycles. The van der Waals surface area contributed by atoms with E-state index in [1.165, 1.54) is 6.92 Å². The third-order valence-corrected chi connectivity index (χ3v) is 1.05. The van der Waals surface area contributed by atoms with Crippen LogP contribution in [-0.4, -0.2) is 12.9 Å². The summed E-state index contributed by atoms with van der Waals surface area (Å²) in [7, 11) is 0. The Labute approximate surface area is 56.8 Å². The van der Waals surface area contributed by atoms with Crippen molar-refractivity contribution in [2.24, 2.45) is 5.92 Å². The molecule has 1 unspecified atom stereocenters. The highest BCUT2D eigenvalue weighted by molar-refractivity contribution is 4.41. The summed E-state index contributed by atoms with van der Waals surface area (Å²) < 4.78 is 4.80. The highest BCUT2D eigenvalue weighted by Crippen LogP contribution is 1.99. The molecular weight excluding hydrogens is 116 g/mol. The van der Waals surface area contributed by atoms with Gasteiger partial charge in [0, 0.05) is 0 Å². The number of hydrogen-bond donors (Lipinski definition) is 0. The highest BCUT2D eigenvalue weighted by Gasteiger charge is 1.97. The Morgan fingerprint density at radius 3 is 2.22 bits per heavy atom. The summed E-state index contributed by atoms with van der Waals surface area (Å²) in [4.78, 5) is 0. The van der Waals surface area contributed by atoms with Crippen LogP contribution in [0.2, 0.25) is 0 Å². The predicted octanol–water partition coefficient (Wildman–Crippen LogP) is 1.83. The molecule has 1 radical (unpaired) electrons. The van der Waals surface area contributed by atoms with Crippen molar-refractivity contribution in [2.75, 3.05) is 6.61 Å². The SMILES string of the molecule is CC(C)CCOC(C)[O]. The van der Waals surface area contributed by atoms with E-state index in [4.69, 9.17) is 4.74 Å². The fourth-order valence-electron chi connectivity index (χ4n) is 0.470. The van der Waals surface area contributed by atoms with Gasteiger partial charge >= 0.3 is 0 Å². The molecule has 2 nitrogen and oxygen atoms in total. The Bertz CT molecular complexity index is 51.9. The second kappa shape index (κ2) is 4.77. The molecule has 0 amide bonds. The van der Waals surface area contributed by atoms with Crippen LogP contribution in [0.1, 0.15) is 27.2 Å². The van der Waals surface area contributed by atoms with E-state index in [1.54, 1.807) is 0 Å². The lowest BCUT2D eigenvalue weighted by Crippen LogP contribution is -2.07. The third kappa shape index (κ3) is 7.92. The topological polar surface area (TPSA) is 29.1 Å². The number of rotatable bonds is 4. The average Bonchev–Trinajstić information content (AvgIpc) is 1.63. The zero-order valence-electron chi connectivity index (χ0n) is 6.39. The Morgan fingerprint density at radius 2 is 1.89 bits per heavy atom. The summed E-state index contributed by atoms with van der Waals surface area (Å²) in [5.41, 5.74) is 0. The zero-order chi connectivity index (χ0) is 7.28. The molecule has 0 aliphatic carbocycles. The predicted molar refractivity (Wildman–Crippen MR) is 35.6 cm³/mol. The van der Waals surface area contributed by atoms with Crippen LogP contribution in [0.5, 0.6) is 0 Å². The maximum absolute atomic E-state index is 10.3. The first-order chi connectivity index (χ1) is 4.13. The van der Waals surface area contributed by atoms with Crippen LogP contribution in [0.4, 0.5) is 0 Å². The van der Waals surface area contributed by atoms with E-state index in [9.17, 15) is 5.11 Å². The standard InChI is InChI=1S/C7H15O2/c1-6(2)4-5-9-7(3)8/h6-7H,4-5H2,1-3H3. The van der Waals surface area contributed by atoms with Crippen molar-refractivity contribution < 1.29 is 9.84 Å². The molecule has 0 aromatic rings. The molecule has 0 heterocycles. The third-order valence-electron chi connectivity index (χ3n) is 1.05. The minimum atomic E-state index is -0.858. The molecule has 1 atom stereocenters. The molecule has 0 rings (SSSR count). The fraction of sp³-hybridized carbons (Fsp3) is 1.00. The molecule has 0 fully saturated rings. The fourth-order valence-corrected chi connectivity index (χ4v) is 0.470. The smallest absolute Gasteiger partial charge is 0.188 e. The maximum Gasteiger partial charge on any atom is 0.188 e. The summed E-state index contributed by atoms with van der Waals surface area (Å²) in [5, 5.41) is 10.3. The Morgan fingerprint density at radius 1 is 1.33 bits per heavy atom. The molecule has 0 N–H and O–H groups in total. The molecule has 0 saturated carbocycles. The van der Waals surface area contributed by atoms with Gasteiger partial charge in [-0.3, -0.25) is 0 Å². The maximum atomic E-state index is 10.3. The van der Waals surface area contributed by atoms with Crippen LogP contribution in [0.15, 0.2) is 0 Å². The first-order valence-electron chi connectivity index (χ1n) is 3.40. The molecule has 2 heteroatoms. The van der Waals surface area contributed by atoms with Gasteiger partial charge in [0.25, 0.3) is 0 Å². The Hall–Kier alpha value is -0.0800. The second-order valence-electron chi connectivity index (χ2n) is 2.62. The van der Waals surface area contributed by atoms with E-state index in [-0.39, 0.29) is 0 Å². The first-order valence-corrected chi connectivity index (χ1v) is 3.40. The van der Waals surface area contributed by atoms with Gasteiger partial charge in [-0.25, -0.2) is 5.11 Å². The van der Waals surface area contributed by atoms with Gasteiger partial charge < -0.3 is 4.74 Å². The lowest BCUT2D eigenvalue weighted by Gasteiger charge is -2.05. The van der Waals surface area contributed by atoms with Crippen molar-refractivity contribution in [2.45, 2.75) is 33.5 Å². The molecule has 0 aliphatic rings. The molecular formula is C7H15O2. The van der Waals surface area contributed by atoms with Gasteiger partial charge in [-0.2, -0.15) is 0 Å². The largest absolute Gasteiger partial charge is 0.350 e. The van der Waals surface area contributed by atoms with Crippen molar-refractivity contribution in [3.05, 3.63) is 0 Å². The van der Waals surface area contributed by atoms with Crippen molar-refractivity contribution >= 4 is 0 Å². The van der Waals surface area contributed by atoms with Crippen LogP contribution in [-0.2, 0) is 9.84 Å². The molecule has 0 saturated heterocycles. The lowest BCUT2D eigenvalue weighted by atomic mass is 10.1. The van der Waals surface area contributed by atoms with Crippen molar-refractivity contribution in [3.63, 3.8) is 0 Å². The van der Waals surface area contributed by atoms with Gasteiger partial charge in [-0.15, -0.1) is 0 Å². The summed E-state index contributed by atoms with van der Waals surface area (Å²) in [6, 6.07) is 0. The van der Waals surface area contributed by atoms with Crippen molar-refractivity contribution in [1.29, 1.82) is 0 Å². The van der Waals surface area contributed by atoms with Crippen LogP contribution >= 0.6 is 0 Å². The van der Waals surface area contributed by atoms with E-state index >= 15 is 0 Å². The lowest BCUT2D eigenvalue weighted by molar-refractivity contribution is -0.128. The Kier molecular flexibility index (Phi) is 4.72. The minimum Gasteiger partial charge on any atom is -0.350 e. The Balaban J connectivity index is 2.91. The summed E-state index contributed by atoms with van der Waals surface area (Å²) >= 11 is 0. The van der Waals surface area contributed by atoms with Crippen molar-refractivity contribution in [1.82, 2.24) is 0 Å². The van der Waals surface area contributed by atoms with E-state index < -0.39 is 6.29 Å². The van der Waals surface area contributed by atoms with Crippen LogP contribution < -0.4 is 0 Å². The molecule has 0 spiro atoms. The van der Waals surface area contributed by atoms with Gasteiger partial charge in [-0.05, 0) is 19.3 Å². The quantitative estimate of drug-likeness (QED) is 0.535. The molecule has 0 bridgehead atoms. The van der Waals surface area contributed by atoms with Gasteiger partial charge in [0.05, 0.1) is 6.61 Å². The normalized spacial score (nSPS) is 14.3. The molecule has 55 valence electrons. The van der Waals surface area contributed by atoms with Gasteiger partial charge in [-0.1, -0.05) is 13.8 Å². The van der Waals surface area contributed by atoms with Crippen molar-refractivity contribution in [3.8, 4) is 0 Å².